The monoisotopic (exact) mass is 197 g/mol. The summed E-state index contributed by atoms with van der Waals surface area (Å²) >= 11 is 0. The minimum atomic E-state index is 0. The van der Waals surface area contributed by atoms with Gasteiger partial charge >= 0.3 is 19.5 Å². The van der Waals surface area contributed by atoms with Crippen LogP contribution in [0.2, 0.25) is 0 Å². The van der Waals surface area contributed by atoms with E-state index >= 15 is 0 Å². The van der Waals surface area contributed by atoms with Gasteiger partial charge in [0.1, 0.15) is 0 Å². The van der Waals surface area contributed by atoms with Crippen molar-refractivity contribution < 1.29 is 31.9 Å². The average molecular weight is 199 g/mol. The molecule has 0 bridgehead atoms. The molecule has 1 nitrogen and oxygen atoms in total. The van der Waals surface area contributed by atoms with Crippen LogP contribution in [0, 0.1) is 6.42 Å². The second-order valence-electron chi connectivity index (χ2n) is 2.17. The molecule has 1 fully saturated rings. The van der Waals surface area contributed by atoms with Gasteiger partial charge in [-0.15, -0.1) is 0 Å². The molecule has 0 aromatic heterocycles. The molecule has 0 saturated carbocycles. The predicted octanol–water partition coefficient (Wildman–Crippen LogP) is -2.08. The fraction of sp³-hybridized carbons (Fsp3) is 0.833. The first-order valence-electron chi connectivity index (χ1n) is 2.90. The molecule has 9 heavy (non-hydrogen) atoms. The number of hydrogen-bond donors (Lipinski definition) is 0. The zero-order valence-electron chi connectivity index (χ0n) is 5.94. The predicted molar refractivity (Wildman–Crippen MR) is 31.0 cm³/mol. The summed E-state index contributed by atoms with van der Waals surface area (Å²) in [4.78, 5) is 2.36. The molecule has 0 N–H and O–H groups in total. The van der Waals surface area contributed by atoms with Crippen LogP contribution in [0.25, 0.3) is 0 Å². The molecule has 0 unspecified atom stereocenters. The van der Waals surface area contributed by atoms with Gasteiger partial charge in [0.2, 0.25) is 0 Å². The smallest absolute Gasteiger partial charge is 1.00 e. The van der Waals surface area contributed by atoms with Gasteiger partial charge in [0.05, 0.1) is 0 Å². The molecule has 0 aromatic rings. The van der Waals surface area contributed by atoms with Crippen molar-refractivity contribution in [3.8, 4) is 0 Å². The largest absolute Gasteiger partial charge is 2.00 e. The molecule has 50 valence electrons. The van der Waals surface area contributed by atoms with E-state index < -0.39 is 0 Å². The molecular formula is C6H12ClNZn. The molecule has 1 saturated heterocycles. The number of likely N-dealkylation sites (tertiary alicyclic amines) is 1. The van der Waals surface area contributed by atoms with Crippen molar-refractivity contribution in [3.05, 3.63) is 6.42 Å². The van der Waals surface area contributed by atoms with E-state index in [1.807, 2.05) is 0 Å². The normalized spacial score (nSPS) is 19.7. The number of piperidine rings is 1. The van der Waals surface area contributed by atoms with E-state index in [-0.39, 0.29) is 31.9 Å². The summed E-state index contributed by atoms with van der Waals surface area (Å²) in [5.74, 6) is 0. The molecule has 0 amide bonds. The number of halogens is 1. The molecular weight excluding hydrogens is 187 g/mol. The van der Waals surface area contributed by atoms with Crippen molar-refractivity contribution in [1.82, 2.24) is 4.90 Å². The van der Waals surface area contributed by atoms with Crippen molar-refractivity contribution in [2.45, 2.75) is 12.8 Å². The Kier molecular flexibility index (Phi) is 9.73. The summed E-state index contributed by atoms with van der Waals surface area (Å²) in [6, 6.07) is 0. The van der Waals surface area contributed by atoms with Crippen LogP contribution in [0.1, 0.15) is 12.8 Å². The maximum atomic E-state index is 2.36. The summed E-state index contributed by atoms with van der Waals surface area (Å²) in [5, 5.41) is 0. The van der Waals surface area contributed by atoms with Crippen molar-refractivity contribution in [2.75, 3.05) is 20.1 Å². The van der Waals surface area contributed by atoms with Crippen molar-refractivity contribution in [1.29, 1.82) is 0 Å². The van der Waals surface area contributed by atoms with Gasteiger partial charge < -0.3 is 23.7 Å². The van der Waals surface area contributed by atoms with Crippen molar-refractivity contribution in [2.24, 2.45) is 0 Å². The number of hydrogen-bond acceptors (Lipinski definition) is 1. The molecule has 1 heterocycles. The quantitative estimate of drug-likeness (QED) is 0.319. The van der Waals surface area contributed by atoms with Crippen LogP contribution in [0.3, 0.4) is 0 Å². The minimum Gasteiger partial charge on any atom is -1.00 e. The molecule has 0 aliphatic carbocycles. The van der Waals surface area contributed by atoms with E-state index in [0.717, 1.165) is 0 Å². The molecule has 0 atom stereocenters. The molecule has 3 heteroatoms. The molecule has 0 spiro atoms. The Morgan fingerprint density at radius 2 is 1.67 bits per heavy atom. The van der Waals surface area contributed by atoms with E-state index in [1.165, 1.54) is 25.9 Å². The van der Waals surface area contributed by atoms with E-state index in [1.54, 1.807) is 0 Å². The zero-order valence-corrected chi connectivity index (χ0v) is 9.66. The third kappa shape index (κ3) is 5.32. The van der Waals surface area contributed by atoms with Crippen molar-refractivity contribution >= 4 is 0 Å². The Balaban J connectivity index is 0. The van der Waals surface area contributed by atoms with Gasteiger partial charge in [-0.2, -0.15) is 12.8 Å². The van der Waals surface area contributed by atoms with Crippen LogP contribution in [0.4, 0.5) is 0 Å². The van der Waals surface area contributed by atoms with Crippen LogP contribution in [-0.2, 0) is 19.5 Å². The summed E-state index contributed by atoms with van der Waals surface area (Å²) < 4.78 is 0. The van der Waals surface area contributed by atoms with Crippen LogP contribution in [-0.4, -0.2) is 25.0 Å². The SMILES string of the molecule is CN1CC[CH-]CC1.[Cl-].[Zn+2]. The van der Waals surface area contributed by atoms with Gasteiger partial charge in [-0.05, 0) is 20.1 Å². The first-order valence-corrected chi connectivity index (χ1v) is 2.90. The Morgan fingerprint density at radius 3 is 1.89 bits per heavy atom. The number of nitrogens with zero attached hydrogens (tertiary/aromatic N) is 1. The second-order valence-corrected chi connectivity index (χ2v) is 2.17. The Hall–Kier alpha value is 0.873. The topological polar surface area (TPSA) is 3.24 Å². The van der Waals surface area contributed by atoms with Crippen LogP contribution >= 0.6 is 0 Å². The summed E-state index contributed by atoms with van der Waals surface area (Å²) in [7, 11) is 2.17. The summed E-state index contributed by atoms with van der Waals surface area (Å²) in [6.45, 7) is 2.53. The maximum Gasteiger partial charge on any atom is 2.00 e. The van der Waals surface area contributed by atoms with E-state index in [0.29, 0.717) is 0 Å². The summed E-state index contributed by atoms with van der Waals surface area (Å²) in [6.07, 6.45) is 4.94. The van der Waals surface area contributed by atoms with Gasteiger partial charge in [0.15, 0.2) is 0 Å². The van der Waals surface area contributed by atoms with Gasteiger partial charge in [-0.1, -0.05) is 0 Å². The third-order valence-electron chi connectivity index (χ3n) is 1.43. The fourth-order valence-corrected chi connectivity index (χ4v) is 0.879. The first kappa shape index (κ1) is 12.5. The summed E-state index contributed by atoms with van der Waals surface area (Å²) in [5.41, 5.74) is 0. The van der Waals surface area contributed by atoms with Crippen LogP contribution < -0.4 is 12.4 Å². The fourth-order valence-electron chi connectivity index (χ4n) is 0.879. The second kappa shape index (κ2) is 6.99. The molecule has 1 aliphatic rings. The zero-order chi connectivity index (χ0) is 5.11. The average Bonchev–Trinajstić information content (AvgIpc) is 1.69. The standard InChI is InChI=1S/C6H12N.ClH.Zn/c1-7-5-3-2-4-6-7;;/h2H,3-6H2,1H3;1H;/q-1;;+2/p-1. The van der Waals surface area contributed by atoms with E-state index in [9.17, 15) is 0 Å². The maximum absolute atomic E-state index is 2.36. The third-order valence-corrected chi connectivity index (χ3v) is 1.43. The molecule has 0 aromatic carbocycles. The molecule has 1 rings (SSSR count). The van der Waals surface area contributed by atoms with Crippen molar-refractivity contribution in [3.63, 3.8) is 0 Å². The Bertz CT molecular complexity index is 55.0. The molecule has 0 radical (unpaired) electrons. The van der Waals surface area contributed by atoms with Crippen LogP contribution in [0.5, 0.6) is 0 Å². The number of rotatable bonds is 0. The van der Waals surface area contributed by atoms with Gasteiger partial charge in [-0.3, -0.25) is 0 Å². The minimum absolute atomic E-state index is 0. The molecule has 1 aliphatic heterocycles. The van der Waals surface area contributed by atoms with E-state index in [2.05, 4.69) is 18.4 Å². The van der Waals surface area contributed by atoms with E-state index in [4.69, 9.17) is 0 Å². The van der Waals surface area contributed by atoms with Gasteiger partial charge in [-0.25, -0.2) is 0 Å². The van der Waals surface area contributed by atoms with Crippen LogP contribution in [0.15, 0.2) is 0 Å². The Labute approximate surface area is 76.4 Å². The van der Waals surface area contributed by atoms with Gasteiger partial charge in [0, 0.05) is 0 Å². The first-order chi connectivity index (χ1) is 3.39. The van der Waals surface area contributed by atoms with Gasteiger partial charge in [0.25, 0.3) is 0 Å². The Morgan fingerprint density at radius 1 is 1.22 bits per heavy atom.